The first-order valence-corrected chi connectivity index (χ1v) is 1.95. The van der Waals surface area contributed by atoms with E-state index in [0.717, 1.165) is 0 Å². The van der Waals surface area contributed by atoms with Crippen molar-refractivity contribution in [3.05, 3.63) is 0 Å². The van der Waals surface area contributed by atoms with Gasteiger partial charge in [-0.2, -0.15) is 0 Å². The average molecular weight is 231 g/mol. The molecule has 0 fully saturated rings. The molecule has 0 aromatic rings. The molecule has 0 unspecified atom stereocenters. The van der Waals surface area contributed by atoms with E-state index in [-0.39, 0.29) is 74.7 Å². The average Bonchev–Trinajstić information content (AvgIpc) is 0.811. The Morgan fingerprint density at radius 3 is 1.43 bits per heavy atom. The molecule has 3 nitrogen and oxygen atoms in total. The molecule has 1 radical (unpaired) electrons. The Morgan fingerprint density at radius 2 is 1.43 bits per heavy atom. The molecule has 0 aliphatic carbocycles. The van der Waals surface area contributed by atoms with Gasteiger partial charge in [0.15, 0.2) is 0 Å². The molecule has 0 aliphatic rings. The molecular weight excluding hydrogens is 227 g/mol. The molecular formula is H4CaFeMnO3Si. The Hall–Kier alpha value is 1.92. The first kappa shape index (κ1) is 23.1. The van der Waals surface area contributed by atoms with Gasteiger partial charge in [-0.05, 0) is 0 Å². The zero-order chi connectivity index (χ0) is 3.58. The van der Waals surface area contributed by atoms with Gasteiger partial charge in [0, 0.05) is 34.1 Å². The first-order valence-electron chi connectivity index (χ1n) is 0.651. The molecule has 0 bridgehead atoms. The third-order valence-electron chi connectivity index (χ3n) is 0. The van der Waals surface area contributed by atoms with Crippen molar-refractivity contribution in [1.82, 2.24) is 0 Å². The third kappa shape index (κ3) is 75.5. The van der Waals surface area contributed by atoms with Crippen molar-refractivity contribution in [2.75, 3.05) is 0 Å². The second-order valence-corrected chi connectivity index (χ2v) is 0.848. The van der Waals surface area contributed by atoms with Crippen LogP contribution in [0.1, 0.15) is 2.85 Å². The van der Waals surface area contributed by atoms with E-state index in [9.17, 15) is 0 Å². The summed E-state index contributed by atoms with van der Waals surface area (Å²) in [7, 11) is -3.13. The molecule has 2 N–H and O–H groups in total. The first-order chi connectivity index (χ1) is 1.73. The van der Waals surface area contributed by atoms with Crippen LogP contribution in [0, 0.1) is 0 Å². The molecule has 0 rings (SSSR count). The summed E-state index contributed by atoms with van der Waals surface area (Å²) in [5, 5.41) is 0. The number of hydrogen-bond donors (Lipinski definition) is 2. The van der Waals surface area contributed by atoms with E-state index < -0.39 is 9.17 Å². The summed E-state index contributed by atoms with van der Waals surface area (Å²) in [6.07, 6.45) is 0. The van der Waals surface area contributed by atoms with Crippen LogP contribution in [0.3, 0.4) is 0 Å². The van der Waals surface area contributed by atoms with Crippen LogP contribution in [0.5, 0.6) is 0 Å². The standard InChI is InChI=1S/Ca.Fe.Mn.H2O3Si.2H/c;;;1-4(2)3;;/h;;;1-2H;;/q+2;;;;2*-1. The van der Waals surface area contributed by atoms with E-state index in [2.05, 4.69) is 0 Å². The smallest absolute Gasteiger partial charge is 1.00 e. The van der Waals surface area contributed by atoms with Crippen LogP contribution in [0.25, 0.3) is 0 Å². The van der Waals surface area contributed by atoms with Gasteiger partial charge in [0.05, 0.1) is 0 Å². The minimum atomic E-state index is -3.13. The maximum atomic E-state index is 8.74. The summed E-state index contributed by atoms with van der Waals surface area (Å²) >= 11 is 0. The summed E-state index contributed by atoms with van der Waals surface area (Å²) < 4.78 is 8.74. The Balaban J connectivity index is -0.00000000450. The minimum absolute atomic E-state index is 0. The van der Waals surface area contributed by atoms with Crippen LogP contribution in [-0.4, -0.2) is 56.5 Å². The maximum Gasteiger partial charge on any atom is 2.00 e. The molecule has 0 aromatic carbocycles. The van der Waals surface area contributed by atoms with Crippen molar-refractivity contribution in [1.29, 1.82) is 0 Å². The molecule has 0 aromatic heterocycles. The van der Waals surface area contributed by atoms with Crippen LogP contribution >= 0.6 is 0 Å². The van der Waals surface area contributed by atoms with Crippen molar-refractivity contribution in [3.63, 3.8) is 0 Å². The van der Waals surface area contributed by atoms with Gasteiger partial charge in [-0.3, -0.25) is 4.46 Å². The third-order valence-corrected chi connectivity index (χ3v) is 0. The second kappa shape index (κ2) is 15.7. The van der Waals surface area contributed by atoms with Crippen LogP contribution < -0.4 is 0 Å². The molecule has 7 heteroatoms. The summed E-state index contributed by atoms with van der Waals surface area (Å²) in [5.74, 6) is 0. The molecule has 0 heterocycles. The van der Waals surface area contributed by atoms with Crippen LogP contribution in [0.2, 0.25) is 0 Å². The Bertz CT molecular complexity index is 44.8. The summed E-state index contributed by atoms with van der Waals surface area (Å²) in [6, 6.07) is 0. The molecule has 43 valence electrons. The fourth-order valence-corrected chi connectivity index (χ4v) is 0. The van der Waals surface area contributed by atoms with Gasteiger partial charge < -0.3 is 12.4 Å². The van der Waals surface area contributed by atoms with Crippen LogP contribution in [0.4, 0.5) is 0 Å². The van der Waals surface area contributed by atoms with Crippen molar-refractivity contribution in [2.24, 2.45) is 0 Å². The molecule has 7 heavy (non-hydrogen) atoms. The minimum Gasteiger partial charge on any atom is -1.00 e. The van der Waals surface area contributed by atoms with Gasteiger partial charge in [-0.1, -0.05) is 0 Å². The largest absolute Gasteiger partial charge is 2.00 e. The Kier molecular flexibility index (Phi) is 51.7. The predicted molar refractivity (Wildman–Crippen MR) is 18.9 cm³/mol. The van der Waals surface area contributed by atoms with E-state index in [1.54, 1.807) is 0 Å². The molecule has 0 amide bonds. The second-order valence-electron chi connectivity index (χ2n) is 0.283. The van der Waals surface area contributed by atoms with E-state index in [0.29, 0.717) is 0 Å². The van der Waals surface area contributed by atoms with Gasteiger partial charge in [-0.15, -0.1) is 0 Å². The topological polar surface area (TPSA) is 57.5 Å². The van der Waals surface area contributed by atoms with E-state index in [1.807, 2.05) is 0 Å². The van der Waals surface area contributed by atoms with Crippen LogP contribution in [0.15, 0.2) is 0 Å². The zero-order valence-corrected chi connectivity index (χ0v) is 8.73. The fraction of sp³-hybridized carbons (Fsp3) is 0. The van der Waals surface area contributed by atoms with Crippen molar-refractivity contribution < 1.29 is 51.0 Å². The summed E-state index contributed by atoms with van der Waals surface area (Å²) in [6.45, 7) is 0. The monoisotopic (exact) mass is 231 g/mol. The fourth-order valence-electron chi connectivity index (χ4n) is 0. The Labute approximate surface area is 96.7 Å². The summed E-state index contributed by atoms with van der Waals surface area (Å²) in [4.78, 5) is 14.3. The quantitative estimate of drug-likeness (QED) is 0.485. The van der Waals surface area contributed by atoms with Crippen molar-refractivity contribution >= 4 is 46.9 Å². The molecule has 0 atom stereocenters. The zero-order valence-electron chi connectivity index (χ0n) is 5.24. The molecule has 0 aliphatic heterocycles. The Morgan fingerprint density at radius 1 is 1.43 bits per heavy atom. The molecule has 0 saturated carbocycles. The van der Waals surface area contributed by atoms with E-state index in [1.165, 1.54) is 0 Å². The van der Waals surface area contributed by atoms with Gasteiger partial charge in [-0.25, -0.2) is 0 Å². The molecule has 0 spiro atoms. The SMILES string of the molecule is O=[Si](O)O.[Ca+2].[Fe].[H-].[H-].[Mn]. The van der Waals surface area contributed by atoms with Gasteiger partial charge in [0.25, 0.3) is 0 Å². The number of hydrogen-bond acceptors (Lipinski definition) is 1. The van der Waals surface area contributed by atoms with E-state index >= 15 is 0 Å². The molecule has 0 saturated heterocycles. The van der Waals surface area contributed by atoms with E-state index in [4.69, 9.17) is 14.1 Å². The van der Waals surface area contributed by atoms with Crippen molar-refractivity contribution in [3.8, 4) is 0 Å². The van der Waals surface area contributed by atoms with Crippen LogP contribution in [-0.2, 0) is 38.6 Å². The van der Waals surface area contributed by atoms with Gasteiger partial charge >= 0.3 is 46.9 Å². The maximum absolute atomic E-state index is 8.74. The van der Waals surface area contributed by atoms with Crippen molar-refractivity contribution in [2.45, 2.75) is 0 Å². The summed E-state index contributed by atoms with van der Waals surface area (Å²) in [5.41, 5.74) is 0. The predicted octanol–water partition coefficient (Wildman–Crippen LogP) is -1.77. The van der Waals surface area contributed by atoms with Gasteiger partial charge in [0.2, 0.25) is 0 Å². The number of rotatable bonds is 0. The van der Waals surface area contributed by atoms with Gasteiger partial charge in [0.1, 0.15) is 0 Å². The normalized spacial score (nSPS) is 3.43.